The van der Waals surface area contributed by atoms with Crippen molar-refractivity contribution >= 4 is 17.9 Å². The highest BCUT2D eigenvalue weighted by Gasteiger charge is 2.11. The summed E-state index contributed by atoms with van der Waals surface area (Å²) in [4.78, 5) is 29.7. The molecule has 0 aromatic rings. The zero-order valence-electron chi connectivity index (χ0n) is 18.1. The molecule has 0 aliphatic heterocycles. The summed E-state index contributed by atoms with van der Waals surface area (Å²) < 4.78 is 0. The Balaban J connectivity index is 0. The third-order valence-electron chi connectivity index (χ3n) is 4.67. The average molecular weight is 419 g/mol. The molecule has 0 aromatic heterocycles. The van der Waals surface area contributed by atoms with Gasteiger partial charge in [-0.05, 0) is 6.42 Å². The fourth-order valence-electron chi connectivity index (χ4n) is 2.87. The zero-order chi connectivity index (χ0) is 22.3. The lowest BCUT2D eigenvalue weighted by Crippen LogP contribution is -2.18. The number of hydrogen-bond acceptors (Lipinski definition) is 4. The van der Waals surface area contributed by atoms with Gasteiger partial charge in [-0.3, -0.25) is 9.59 Å². The molecule has 4 N–H and O–H groups in total. The van der Waals surface area contributed by atoms with Crippen molar-refractivity contribution in [3.63, 3.8) is 0 Å². The smallest absolute Gasteiger partial charge is 0.332 e. The fraction of sp³-hybridized carbons (Fsp3) is 0.864. The topological polar surface area (TPSA) is 132 Å². The first-order valence-corrected chi connectivity index (χ1v) is 11.2. The van der Waals surface area contributed by atoms with Crippen LogP contribution in [0.25, 0.3) is 0 Å². The van der Waals surface area contributed by atoms with Crippen LogP contribution in [-0.4, -0.2) is 44.4 Å². The van der Waals surface area contributed by atoms with Crippen LogP contribution in [0.15, 0.2) is 0 Å². The normalized spacial score (nSPS) is 11.4. The van der Waals surface area contributed by atoms with Gasteiger partial charge in [-0.15, -0.1) is 0 Å². The Morgan fingerprint density at radius 1 is 0.586 bits per heavy atom. The van der Waals surface area contributed by atoms with Crippen LogP contribution in [0.2, 0.25) is 0 Å². The molecule has 1 unspecified atom stereocenters. The van der Waals surface area contributed by atoms with Gasteiger partial charge in [-0.2, -0.15) is 0 Å². The Kier molecular flexibility index (Phi) is 23.1. The summed E-state index contributed by atoms with van der Waals surface area (Å²) in [6.07, 6.45) is 16.7. The Bertz CT molecular complexity index is 396. The second-order valence-electron chi connectivity index (χ2n) is 7.53. The van der Waals surface area contributed by atoms with Crippen molar-refractivity contribution in [2.45, 2.75) is 122 Å². The average Bonchev–Trinajstić information content (AvgIpc) is 2.66. The molecule has 0 aliphatic rings. The van der Waals surface area contributed by atoms with E-state index in [1.165, 1.54) is 77.0 Å². The van der Waals surface area contributed by atoms with E-state index >= 15 is 0 Å². The highest BCUT2D eigenvalue weighted by molar-refractivity contribution is 5.75. The maximum Gasteiger partial charge on any atom is 0.332 e. The second kappa shape index (κ2) is 22.7. The van der Waals surface area contributed by atoms with Gasteiger partial charge >= 0.3 is 17.9 Å². The van der Waals surface area contributed by atoms with Crippen molar-refractivity contribution in [3.05, 3.63) is 0 Å². The van der Waals surface area contributed by atoms with Crippen molar-refractivity contribution in [2.24, 2.45) is 0 Å². The molecular formula is C22H42O7. The van der Waals surface area contributed by atoms with Crippen molar-refractivity contribution in [3.8, 4) is 0 Å². The molecule has 29 heavy (non-hydrogen) atoms. The molecule has 0 heterocycles. The van der Waals surface area contributed by atoms with E-state index in [2.05, 4.69) is 6.92 Å². The molecule has 0 aromatic carbocycles. The lowest BCUT2D eigenvalue weighted by atomic mass is 10.0. The third kappa shape index (κ3) is 28.7. The maximum absolute atomic E-state index is 10.4. The molecule has 0 saturated heterocycles. The highest BCUT2D eigenvalue weighted by atomic mass is 16.4. The minimum atomic E-state index is -1.16. The first kappa shape index (κ1) is 29.6. The molecule has 0 bridgehead atoms. The lowest BCUT2D eigenvalue weighted by molar-refractivity contribution is -0.147. The number of hydrogen-bond donors (Lipinski definition) is 4. The maximum atomic E-state index is 10.4. The summed E-state index contributed by atoms with van der Waals surface area (Å²) in [5.41, 5.74) is 0. The van der Waals surface area contributed by atoms with E-state index in [1.54, 1.807) is 0 Å². The fourth-order valence-corrected chi connectivity index (χ4v) is 2.87. The predicted octanol–water partition coefficient (Wildman–Crippen LogP) is 5.24. The van der Waals surface area contributed by atoms with E-state index in [0.29, 0.717) is 6.42 Å². The molecule has 0 radical (unpaired) electrons. The molecule has 172 valence electrons. The van der Waals surface area contributed by atoms with E-state index < -0.39 is 24.0 Å². The van der Waals surface area contributed by atoms with Crippen molar-refractivity contribution in [1.82, 2.24) is 0 Å². The third-order valence-corrected chi connectivity index (χ3v) is 4.67. The Morgan fingerprint density at radius 2 is 0.897 bits per heavy atom. The van der Waals surface area contributed by atoms with Gasteiger partial charge < -0.3 is 20.4 Å². The SMILES string of the molecule is CCCCCCCCCCCCCCCCC(O)C(=O)O.O=C(O)CCC(=O)O. The quantitative estimate of drug-likeness (QED) is 0.211. The lowest BCUT2D eigenvalue weighted by Gasteiger charge is -2.05. The summed E-state index contributed by atoms with van der Waals surface area (Å²) in [6, 6.07) is 0. The molecule has 0 rings (SSSR count). The van der Waals surface area contributed by atoms with Crippen molar-refractivity contribution in [1.29, 1.82) is 0 Å². The van der Waals surface area contributed by atoms with Crippen LogP contribution >= 0.6 is 0 Å². The number of carboxylic acid groups (broad SMARTS) is 3. The van der Waals surface area contributed by atoms with E-state index in [4.69, 9.17) is 20.4 Å². The molecule has 0 aliphatic carbocycles. The van der Waals surface area contributed by atoms with E-state index in [9.17, 15) is 14.4 Å². The monoisotopic (exact) mass is 418 g/mol. The van der Waals surface area contributed by atoms with Crippen molar-refractivity contribution in [2.75, 3.05) is 0 Å². The Hall–Kier alpha value is -1.63. The summed E-state index contributed by atoms with van der Waals surface area (Å²) in [7, 11) is 0. The number of carboxylic acids is 3. The largest absolute Gasteiger partial charge is 0.481 e. The second-order valence-corrected chi connectivity index (χ2v) is 7.53. The van der Waals surface area contributed by atoms with E-state index in [1.807, 2.05) is 0 Å². The minimum Gasteiger partial charge on any atom is -0.481 e. The number of rotatable bonds is 19. The van der Waals surface area contributed by atoms with Crippen LogP contribution in [0.3, 0.4) is 0 Å². The van der Waals surface area contributed by atoms with Gasteiger partial charge in [0.2, 0.25) is 0 Å². The predicted molar refractivity (Wildman–Crippen MR) is 113 cm³/mol. The summed E-state index contributed by atoms with van der Waals surface area (Å²) in [5, 5.41) is 33.5. The van der Waals surface area contributed by atoms with Crippen LogP contribution in [0, 0.1) is 0 Å². The number of aliphatic hydroxyl groups excluding tert-OH is 1. The van der Waals surface area contributed by atoms with Gasteiger partial charge in [-0.25, -0.2) is 4.79 Å². The number of aliphatic carboxylic acids is 3. The molecular weight excluding hydrogens is 376 g/mol. The van der Waals surface area contributed by atoms with E-state index in [0.717, 1.165) is 12.8 Å². The first-order chi connectivity index (χ1) is 13.8. The van der Waals surface area contributed by atoms with Crippen LogP contribution in [0.5, 0.6) is 0 Å². The summed E-state index contributed by atoms with van der Waals surface area (Å²) >= 11 is 0. The molecule has 0 saturated carbocycles. The Morgan fingerprint density at radius 3 is 1.17 bits per heavy atom. The van der Waals surface area contributed by atoms with Gasteiger partial charge in [0.1, 0.15) is 0 Å². The highest BCUT2D eigenvalue weighted by Crippen LogP contribution is 2.13. The van der Waals surface area contributed by atoms with Crippen molar-refractivity contribution < 1.29 is 34.8 Å². The number of aliphatic hydroxyl groups is 1. The molecule has 7 nitrogen and oxygen atoms in total. The zero-order valence-corrected chi connectivity index (χ0v) is 18.1. The number of unbranched alkanes of at least 4 members (excludes halogenated alkanes) is 13. The van der Waals surface area contributed by atoms with Gasteiger partial charge in [0.15, 0.2) is 6.10 Å². The molecule has 1 atom stereocenters. The summed E-state index contributed by atoms with van der Waals surface area (Å²) in [6.45, 7) is 2.26. The van der Waals surface area contributed by atoms with Gasteiger partial charge in [-0.1, -0.05) is 96.8 Å². The van der Waals surface area contributed by atoms with Gasteiger partial charge in [0.05, 0.1) is 12.8 Å². The van der Waals surface area contributed by atoms with Gasteiger partial charge in [0, 0.05) is 0 Å². The summed E-state index contributed by atoms with van der Waals surface area (Å²) in [5.74, 6) is -3.25. The van der Waals surface area contributed by atoms with Crippen LogP contribution in [0.1, 0.15) is 116 Å². The Labute approximate surface area is 175 Å². The van der Waals surface area contributed by atoms with Crippen LogP contribution in [0.4, 0.5) is 0 Å². The molecule has 0 spiro atoms. The first-order valence-electron chi connectivity index (χ1n) is 11.2. The molecule has 0 fully saturated rings. The van der Waals surface area contributed by atoms with Crippen LogP contribution in [-0.2, 0) is 14.4 Å². The van der Waals surface area contributed by atoms with E-state index in [-0.39, 0.29) is 12.8 Å². The van der Waals surface area contributed by atoms with Crippen LogP contribution < -0.4 is 0 Å². The standard InChI is InChI=1S/C18H36O3.C4H6O4/c1-2-3-4-5-6-7-8-9-10-11-12-13-14-15-16-17(19)18(20)21;5-3(6)1-2-4(7)8/h17,19H,2-16H2,1H3,(H,20,21);1-2H2,(H,5,6)(H,7,8). The molecule has 0 amide bonds. The number of carbonyl (C=O) groups is 3. The molecule has 7 heteroatoms. The van der Waals surface area contributed by atoms with Gasteiger partial charge in [0.25, 0.3) is 0 Å². The minimum absolute atomic E-state index is 0.296.